The van der Waals surface area contributed by atoms with Crippen LogP contribution in [0, 0.1) is 13.8 Å². The first-order chi connectivity index (χ1) is 14.4. The third kappa shape index (κ3) is 4.65. The van der Waals surface area contributed by atoms with E-state index in [2.05, 4.69) is 15.3 Å². The van der Waals surface area contributed by atoms with E-state index in [0.717, 1.165) is 17.1 Å². The number of halogens is 2. The van der Waals surface area contributed by atoms with Crippen LogP contribution in [0.1, 0.15) is 27.3 Å². The number of aryl methyl sites for hydroxylation is 1. The minimum Gasteiger partial charge on any atom is -0.493 e. The van der Waals surface area contributed by atoms with Gasteiger partial charge in [0.25, 0.3) is 5.91 Å². The van der Waals surface area contributed by atoms with Crippen molar-refractivity contribution in [3.05, 3.63) is 77.1 Å². The summed E-state index contributed by atoms with van der Waals surface area (Å²) in [5.74, 6) is -0.301. The highest BCUT2D eigenvalue weighted by molar-refractivity contribution is 5.96. The van der Waals surface area contributed by atoms with E-state index in [0.29, 0.717) is 11.1 Å². The van der Waals surface area contributed by atoms with E-state index in [-0.39, 0.29) is 17.4 Å². The van der Waals surface area contributed by atoms with Crippen LogP contribution in [0.5, 0.6) is 11.5 Å². The average molecular weight is 413 g/mol. The molecule has 156 valence electrons. The number of benzene rings is 2. The lowest BCUT2D eigenvalue weighted by Gasteiger charge is -2.10. The number of hydrogen-bond acceptors (Lipinski definition) is 4. The molecule has 3 rings (SSSR count). The van der Waals surface area contributed by atoms with Gasteiger partial charge in [-0.25, -0.2) is 5.43 Å². The molecule has 1 amide bonds. The molecule has 0 spiro atoms. The van der Waals surface area contributed by atoms with Gasteiger partial charge in [-0.05, 0) is 55.8 Å². The van der Waals surface area contributed by atoms with Crippen LogP contribution >= 0.6 is 0 Å². The zero-order valence-corrected chi connectivity index (χ0v) is 16.7. The molecule has 6 nitrogen and oxygen atoms in total. The second-order valence-corrected chi connectivity index (χ2v) is 6.44. The second-order valence-electron chi connectivity index (χ2n) is 6.44. The topological polar surface area (TPSA) is 64.8 Å². The molecule has 8 heteroatoms. The molecular weight excluding hydrogens is 392 g/mol. The molecule has 0 radical (unpaired) electrons. The first-order valence-corrected chi connectivity index (χ1v) is 9.11. The number of nitrogens with one attached hydrogen (secondary N) is 1. The molecule has 0 bridgehead atoms. The van der Waals surface area contributed by atoms with Crippen molar-refractivity contribution < 1.29 is 23.0 Å². The minimum atomic E-state index is -2.95. The molecular formula is C22H21F2N3O3. The fraction of sp³-hybridized carbons (Fsp3) is 0.182. The minimum absolute atomic E-state index is 0.0814. The van der Waals surface area contributed by atoms with Gasteiger partial charge in [0.05, 0.1) is 18.9 Å². The average Bonchev–Trinajstić information content (AvgIpc) is 3.03. The summed E-state index contributed by atoms with van der Waals surface area (Å²) in [5.41, 5.74) is 6.22. The molecule has 0 fully saturated rings. The van der Waals surface area contributed by atoms with Crippen LogP contribution in [-0.2, 0) is 0 Å². The maximum atomic E-state index is 12.6. The Labute approximate surface area is 172 Å². The van der Waals surface area contributed by atoms with Gasteiger partial charge < -0.3 is 14.0 Å². The molecule has 0 unspecified atom stereocenters. The Morgan fingerprint density at radius 2 is 1.83 bits per heavy atom. The van der Waals surface area contributed by atoms with E-state index in [1.807, 2.05) is 48.7 Å². The quantitative estimate of drug-likeness (QED) is 0.459. The summed E-state index contributed by atoms with van der Waals surface area (Å²) in [7, 11) is 1.35. The summed E-state index contributed by atoms with van der Waals surface area (Å²) >= 11 is 0. The van der Waals surface area contributed by atoms with E-state index in [4.69, 9.17) is 4.74 Å². The number of aromatic nitrogens is 1. The molecule has 0 aliphatic carbocycles. The molecule has 0 aliphatic rings. The Kier molecular flexibility index (Phi) is 6.46. The van der Waals surface area contributed by atoms with Crippen molar-refractivity contribution in [2.75, 3.05) is 7.11 Å². The van der Waals surface area contributed by atoms with Crippen molar-refractivity contribution in [1.82, 2.24) is 9.99 Å². The highest BCUT2D eigenvalue weighted by Gasteiger charge is 2.16. The summed E-state index contributed by atoms with van der Waals surface area (Å²) in [6.45, 7) is 0.841. The molecule has 1 aromatic heterocycles. The highest BCUT2D eigenvalue weighted by Crippen LogP contribution is 2.29. The van der Waals surface area contributed by atoms with Gasteiger partial charge in [0.1, 0.15) is 0 Å². The fourth-order valence-electron chi connectivity index (χ4n) is 3.15. The number of alkyl halides is 2. The fourth-order valence-corrected chi connectivity index (χ4v) is 3.15. The zero-order chi connectivity index (χ0) is 21.7. The predicted octanol–water partition coefficient (Wildman–Crippen LogP) is 4.47. The first-order valence-electron chi connectivity index (χ1n) is 9.11. The lowest BCUT2D eigenvalue weighted by atomic mass is 10.2. The molecule has 1 N–H and O–H groups in total. The number of carbonyl (C=O) groups is 1. The predicted molar refractivity (Wildman–Crippen MR) is 110 cm³/mol. The Morgan fingerprint density at radius 1 is 1.10 bits per heavy atom. The third-order valence-electron chi connectivity index (χ3n) is 4.47. The van der Waals surface area contributed by atoms with E-state index < -0.39 is 6.61 Å². The standard InChI is InChI=1S/C22H21F2N3O3/c1-14-11-18(15(2)27(14)17-7-5-4-6-8-17)21(28)26-25-13-16-9-10-19(30-22(23)24)20(12-16)29-3/h4-13,22H,1-3H3,(H,26,28)/b25-13-. The number of ether oxygens (including phenoxy) is 2. The van der Waals surface area contributed by atoms with Gasteiger partial charge in [0, 0.05) is 17.1 Å². The summed E-state index contributed by atoms with van der Waals surface area (Å²) in [6, 6.07) is 15.9. The van der Waals surface area contributed by atoms with Gasteiger partial charge in [0.2, 0.25) is 0 Å². The van der Waals surface area contributed by atoms with E-state index in [9.17, 15) is 13.6 Å². The molecule has 0 saturated carbocycles. The first kappa shape index (κ1) is 21.0. The zero-order valence-electron chi connectivity index (χ0n) is 16.7. The number of hydrogen-bond donors (Lipinski definition) is 1. The maximum absolute atomic E-state index is 12.6. The summed E-state index contributed by atoms with van der Waals surface area (Å²) < 4.78 is 36.2. The van der Waals surface area contributed by atoms with Gasteiger partial charge in [0.15, 0.2) is 11.5 Å². The van der Waals surface area contributed by atoms with Crippen molar-refractivity contribution in [3.63, 3.8) is 0 Å². The van der Waals surface area contributed by atoms with Crippen molar-refractivity contribution >= 4 is 12.1 Å². The van der Waals surface area contributed by atoms with Crippen LogP contribution < -0.4 is 14.9 Å². The number of hydrazone groups is 1. The lowest BCUT2D eigenvalue weighted by Crippen LogP contribution is -2.18. The summed E-state index contributed by atoms with van der Waals surface area (Å²) in [6.07, 6.45) is 1.39. The number of rotatable bonds is 7. The Balaban J connectivity index is 1.74. The monoisotopic (exact) mass is 413 g/mol. The third-order valence-corrected chi connectivity index (χ3v) is 4.47. The van der Waals surface area contributed by atoms with Crippen LogP contribution in [0.2, 0.25) is 0 Å². The molecule has 30 heavy (non-hydrogen) atoms. The Bertz CT molecular complexity index is 1060. The van der Waals surface area contributed by atoms with Crippen LogP contribution in [0.15, 0.2) is 59.7 Å². The van der Waals surface area contributed by atoms with E-state index in [1.165, 1.54) is 31.5 Å². The van der Waals surface area contributed by atoms with Gasteiger partial charge in [-0.15, -0.1) is 0 Å². The highest BCUT2D eigenvalue weighted by atomic mass is 19.3. The van der Waals surface area contributed by atoms with Crippen LogP contribution in [0.4, 0.5) is 8.78 Å². The van der Waals surface area contributed by atoms with Crippen LogP contribution in [0.3, 0.4) is 0 Å². The van der Waals surface area contributed by atoms with E-state index >= 15 is 0 Å². The summed E-state index contributed by atoms with van der Waals surface area (Å²) in [4.78, 5) is 12.6. The van der Waals surface area contributed by atoms with Crippen molar-refractivity contribution in [2.45, 2.75) is 20.5 Å². The van der Waals surface area contributed by atoms with Crippen molar-refractivity contribution in [3.8, 4) is 17.2 Å². The molecule has 3 aromatic rings. The lowest BCUT2D eigenvalue weighted by molar-refractivity contribution is -0.0512. The summed E-state index contributed by atoms with van der Waals surface area (Å²) in [5, 5.41) is 3.96. The second kappa shape index (κ2) is 9.21. The Morgan fingerprint density at radius 3 is 2.50 bits per heavy atom. The molecule has 0 aliphatic heterocycles. The van der Waals surface area contributed by atoms with Crippen molar-refractivity contribution in [2.24, 2.45) is 5.10 Å². The maximum Gasteiger partial charge on any atom is 0.387 e. The molecule has 1 heterocycles. The van der Waals surface area contributed by atoms with E-state index in [1.54, 1.807) is 6.07 Å². The smallest absolute Gasteiger partial charge is 0.387 e. The van der Waals surface area contributed by atoms with Gasteiger partial charge in [-0.3, -0.25) is 4.79 Å². The Hall–Kier alpha value is -3.68. The van der Waals surface area contributed by atoms with Gasteiger partial charge in [-0.2, -0.15) is 13.9 Å². The number of methoxy groups -OCH3 is 1. The number of nitrogens with zero attached hydrogens (tertiary/aromatic N) is 2. The largest absolute Gasteiger partial charge is 0.493 e. The SMILES string of the molecule is COc1cc(/C=N\NC(=O)c2cc(C)n(-c3ccccc3)c2C)ccc1OC(F)F. The molecule has 0 saturated heterocycles. The number of amides is 1. The van der Waals surface area contributed by atoms with Crippen molar-refractivity contribution in [1.29, 1.82) is 0 Å². The van der Waals surface area contributed by atoms with Crippen LogP contribution in [-0.4, -0.2) is 30.4 Å². The number of para-hydroxylation sites is 1. The molecule has 0 atom stereocenters. The van der Waals surface area contributed by atoms with Gasteiger partial charge >= 0.3 is 6.61 Å². The van der Waals surface area contributed by atoms with Crippen LogP contribution in [0.25, 0.3) is 5.69 Å². The van der Waals surface area contributed by atoms with Gasteiger partial charge in [-0.1, -0.05) is 18.2 Å². The normalized spacial score (nSPS) is 11.1. The molecule has 2 aromatic carbocycles. The number of carbonyl (C=O) groups excluding carboxylic acids is 1.